The predicted octanol–water partition coefficient (Wildman–Crippen LogP) is 0.406. The topological polar surface area (TPSA) is 34.1 Å². The second-order valence-corrected chi connectivity index (χ2v) is 4.22. The molecule has 0 N–H and O–H groups in total. The Hall–Kier alpha value is -0.0313. The van der Waals surface area contributed by atoms with Crippen LogP contribution in [-0.4, -0.2) is 28.8 Å². The number of benzene rings is 1. The van der Waals surface area contributed by atoms with Crippen LogP contribution in [0.5, 0.6) is 0 Å². The molecule has 0 amide bonds. The van der Waals surface area contributed by atoms with E-state index in [4.69, 9.17) is 8.42 Å². The van der Waals surface area contributed by atoms with Crippen molar-refractivity contribution in [2.75, 3.05) is 6.26 Å². The van der Waals surface area contributed by atoms with Crippen LogP contribution >= 0.6 is 0 Å². The Labute approximate surface area is 81.7 Å². The second-order valence-electron chi connectivity index (χ2n) is 1.77. The molecule has 0 saturated heterocycles. The fourth-order valence-electron chi connectivity index (χ4n) is 0.438. The van der Waals surface area contributed by atoms with Crippen molar-refractivity contribution in [3.8, 4) is 0 Å². The van der Waals surface area contributed by atoms with E-state index in [1.165, 1.54) is 26.1 Å². The van der Waals surface area contributed by atoms with Crippen LogP contribution in [0.4, 0.5) is 0 Å². The van der Waals surface area contributed by atoms with Gasteiger partial charge >= 0.3 is 56.4 Å². The van der Waals surface area contributed by atoms with Crippen LogP contribution < -0.4 is 3.58 Å². The summed E-state index contributed by atoms with van der Waals surface area (Å²) in [6, 6.07) is 10.4. The molecule has 0 heterocycles. The Bertz CT molecular complexity index is 248. The van der Waals surface area contributed by atoms with Crippen molar-refractivity contribution in [1.82, 2.24) is 0 Å². The third-order valence-corrected chi connectivity index (χ3v) is 1.73. The van der Waals surface area contributed by atoms with Crippen LogP contribution in [0, 0.1) is 0 Å². The van der Waals surface area contributed by atoms with Crippen LogP contribution in [0.25, 0.3) is 0 Å². The molecule has 0 aliphatic rings. The summed E-state index contributed by atoms with van der Waals surface area (Å²) in [5.41, 5.74) is 0. The molecule has 0 fully saturated rings. The number of hydrogen-bond acceptors (Lipinski definition) is 3. The minimum atomic E-state index is -1.86. The van der Waals surface area contributed by atoms with E-state index in [2.05, 4.69) is 24.3 Å². The van der Waals surface area contributed by atoms with E-state index in [-0.39, 0.29) is 0 Å². The molecule has 58 valence electrons. The van der Waals surface area contributed by atoms with Crippen LogP contribution in [0.3, 0.4) is 0 Å². The molecule has 1 aromatic rings. The molecule has 0 aliphatic carbocycles. The molecule has 0 atom stereocenters. The standard InChI is InChI=1S/C6H5.CH3O2S.Sn/c1-2-4-6-5-3-1;1-4(2)3;/h1-5H;1H3;/q;-1;+1. The van der Waals surface area contributed by atoms with E-state index in [1.54, 1.807) is 0 Å². The van der Waals surface area contributed by atoms with Crippen molar-refractivity contribution >= 4 is 36.8 Å². The normalized spacial score (nSPS) is 8.55. The SMILES string of the molecule is C[S-](=O)=O.[Sn+][c]1ccccc1. The molecule has 11 heavy (non-hydrogen) atoms. The Morgan fingerprint density at radius 2 is 1.55 bits per heavy atom. The Balaban J connectivity index is 0.000000218. The summed E-state index contributed by atoms with van der Waals surface area (Å²) < 4.78 is 19.4. The van der Waals surface area contributed by atoms with Gasteiger partial charge in [0.2, 0.25) is 0 Å². The van der Waals surface area contributed by atoms with Gasteiger partial charge in [0.25, 0.3) is 0 Å². The van der Waals surface area contributed by atoms with E-state index >= 15 is 0 Å². The number of rotatable bonds is 0. The molecule has 0 aromatic heterocycles. The van der Waals surface area contributed by atoms with E-state index in [0.29, 0.717) is 0 Å². The quantitative estimate of drug-likeness (QED) is 0.507. The van der Waals surface area contributed by atoms with Crippen LogP contribution in [0.15, 0.2) is 30.3 Å². The van der Waals surface area contributed by atoms with Gasteiger partial charge in [-0.3, -0.25) is 0 Å². The first kappa shape index (κ1) is 11.0. The van der Waals surface area contributed by atoms with E-state index in [9.17, 15) is 0 Å². The Kier molecular flexibility index (Phi) is 6.65. The third-order valence-electron chi connectivity index (χ3n) is 0.774. The number of hydrogen-bond donors (Lipinski definition) is 0. The van der Waals surface area contributed by atoms with Crippen molar-refractivity contribution in [2.45, 2.75) is 0 Å². The summed E-state index contributed by atoms with van der Waals surface area (Å²) >= 11 is 1.49. The third kappa shape index (κ3) is 9.97. The Morgan fingerprint density at radius 1 is 1.18 bits per heavy atom. The van der Waals surface area contributed by atoms with Crippen molar-refractivity contribution < 1.29 is 8.42 Å². The van der Waals surface area contributed by atoms with Gasteiger partial charge in [0.1, 0.15) is 0 Å². The molecule has 2 nitrogen and oxygen atoms in total. The van der Waals surface area contributed by atoms with Gasteiger partial charge < -0.3 is 8.42 Å². The second kappa shape index (κ2) is 6.66. The average Bonchev–Trinajstić information content (AvgIpc) is 1.87. The maximum atomic E-state index is 9.00. The molecular weight excluding hydrogens is 267 g/mol. The first-order valence-electron chi connectivity index (χ1n) is 2.90. The molecule has 1 aromatic carbocycles. The zero-order valence-corrected chi connectivity index (χ0v) is 9.78. The summed E-state index contributed by atoms with van der Waals surface area (Å²) in [6.45, 7) is 0. The van der Waals surface area contributed by atoms with Gasteiger partial charge in [-0.05, 0) is 0 Å². The van der Waals surface area contributed by atoms with E-state index < -0.39 is 10.7 Å². The molecule has 0 bridgehead atoms. The van der Waals surface area contributed by atoms with Gasteiger partial charge in [-0.1, -0.05) is 17.0 Å². The first-order chi connectivity index (χ1) is 5.13. The van der Waals surface area contributed by atoms with Crippen molar-refractivity contribution in [3.05, 3.63) is 30.3 Å². The minimum absolute atomic E-state index is 1.08. The molecule has 1 rings (SSSR count). The van der Waals surface area contributed by atoms with Gasteiger partial charge in [0.15, 0.2) is 0 Å². The monoisotopic (exact) mass is 276 g/mol. The summed E-state index contributed by atoms with van der Waals surface area (Å²) in [4.78, 5) is 0. The summed E-state index contributed by atoms with van der Waals surface area (Å²) in [6.07, 6.45) is 1.08. The van der Waals surface area contributed by atoms with Gasteiger partial charge in [-0.15, -0.1) is 0 Å². The fraction of sp³-hybridized carbons (Fsp3) is 0.143. The molecular formula is C7H8O2SSn. The molecule has 2 radical (unpaired) electrons. The zero-order valence-electron chi connectivity index (χ0n) is 6.11. The van der Waals surface area contributed by atoms with Crippen LogP contribution in [0.1, 0.15) is 0 Å². The fourth-order valence-corrected chi connectivity index (χ4v) is 0.987. The summed E-state index contributed by atoms with van der Waals surface area (Å²) in [7, 11) is -1.86. The molecule has 0 spiro atoms. The van der Waals surface area contributed by atoms with Gasteiger partial charge in [-0.25, -0.2) is 0 Å². The molecule has 0 unspecified atom stereocenters. The molecule has 0 aliphatic heterocycles. The Morgan fingerprint density at radius 3 is 1.73 bits per heavy atom. The van der Waals surface area contributed by atoms with Crippen LogP contribution in [0.2, 0.25) is 0 Å². The average molecular weight is 275 g/mol. The van der Waals surface area contributed by atoms with Crippen LogP contribution in [-0.2, 0) is 19.1 Å². The molecule has 4 heteroatoms. The van der Waals surface area contributed by atoms with Crippen molar-refractivity contribution in [1.29, 1.82) is 0 Å². The molecule has 0 saturated carbocycles. The predicted molar refractivity (Wildman–Crippen MR) is 46.5 cm³/mol. The maximum absolute atomic E-state index is 9.00. The van der Waals surface area contributed by atoms with E-state index in [1.807, 2.05) is 6.07 Å². The van der Waals surface area contributed by atoms with E-state index in [0.717, 1.165) is 6.26 Å². The van der Waals surface area contributed by atoms with Gasteiger partial charge in [0.05, 0.1) is 0 Å². The summed E-state index contributed by atoms with van der Waals surface area (Å²) in [5, 5.41) is 0. The zero-order chi connectivity index (χ0) is 8.69. The van der Waals surface area contributed by atoms with Crippen molar-refractivity contribution in [2.24, 2.45) is 0 Å². The van der Waals surface area contributed by atoms with Crippen molar-refractivity contribution in [3.63, 3.8) is 0 Å². The first-order valence-corrected chi connectivity index (χ1v) is 5.81. The van der Waals surface area contributed by atoms with Gasteiger partial charge in [-0.2, -0.15) is 0 Å². The summed E-state index contributed by atoms with van der Waals surface area (Å²) in [5.74, 6) is 0. The van der Waals surface area contributed by atoms with Gasteiger partial charge in [0, 0.05) is 0 Å².